The highest BCUT2D eigenvalue weighted by atomic mass is 35.5. The topological polar surface area (TPSA) is 29.1 Å². The van der Waals surface area contributed by atoms with Crippen molar-refractivity contribution in [3.05, 3.63) is 34.6 Å². The van der Waals surface area contributed by atoms with Gasteiger partial charge in [-0.15, -0.1) is 6.42 Å². The minimum absolute atomic E-state index is 0.0178. The van der Waals surface area contributed by atoms with E-state index in [1.807, 2.05) is 0 Å². The van der Waals surface area contributed by atoms with Crippen molar-refractivity contribution >= 4 is 17.4 Å². The van der Waals surface area contributed by atoms with Gasteiger partial charge < -0.3 is 0 Å². The molecule has 0 aliphatic rings. The zero-order chi connectivity index (χ0) is 12.0. The second-order valence-electron chi connectivity index (χ2n) is 3.24. The van der Waals surface area contributed by atoms with Crippen LogP contribution in [-0.4, -0.2) is 18.9 Å². The fourth-order valence-corrected chi connectivity index (χ4v) is 1.43. The maximum absolute atomic E-state index is 13.4. The van der Waals surface area contributed by atoms with E-state index >= 15 is 0 Å². The van der Waals surface area contributed by atoms with Crippen LogP contribution in [0.4, 0.5) is 4.39 Å². The van der Waals surface area contributed by atoms with Crippen molar-refractivity contribution in [1.82, 2.24) is 5.32 Å². The smallest absolute Gasteiger partial charge is 0.151 e. The highest BCUT2D eigenvalue weighted by Crippen LogP contribution is 2.18. The summed E-state index contributed by atoms with van der Waals surface area (Å²) in [4.78, 5) is 11.4. The molecule has 0 unspecified atom stereocenters. The first kappa shape index (κ1) is 12.7. The molecule has 0 bridgehead atoms. The summed E-state index contributed by atoms with van der Waals surface area (Å²) in [6, 6.07) is 4.60. The van der Waals surface area contributed by atoms with Crippen molar-refractivity contribution in [2.75, 3.05) is 13.1 Å². The van der Waals surface area contributed by atoms with Crippen molar-refractivity contribution in [3.63, 3.8) is 0 Å². The van der Waals surface area contributed by atoms with Crippen molar-refractivity contribution < 1.29 is 9.18 Å². The van der Waals surface area contributed by atoms with Gasteiger partial charge in [-0.05, 0) is 11.6 Å². The SMILES string of the molecule is C#CCNCC(=O)Cc1cccc(Cl)c1F. The minimum Gasteiger partial charge on any atom is -0.299 e. The number of hydrogen-bond donors (Lipinski definition) is 1. The Labute approximate surface area is 98.8 Å². The predicted octanol–water partition coefficient (Wildman–Crippen LogP) is 1.81. The van der Waals surface area contributed by atoms with Crippen LogP contribution in [-0.2, 0) is 11.2 Å². The zero-order valence-corrected chi connectivity index (χ0v) is 9.35. The molecule has 0 aliphatic carbocycles. The van der Waals surface area contributed by atoms with Crippen molar-refractivity contribution in [3.8, 4) is 12.3 Å². The van der Waals surface area contributed by atoms with Crippen molar-refractivity contribution in [1.29, 1.82) is 0 Å². The number of nitrogens with one attached hydrogen (secondary N) is 1. The van der Waals surface area contributed by atoms with Gasteiger partial charge in [0.25, 0.3) is 0 Å². The highest BCUT2D eigenvalue weighted by Gasteiger charge is 2.10. The second kappa shape index (κ2) is 6.26. The van der Waals surface area contributed by atoms with Crippen LogP contribution in [0.15, 0.2) is 18.2 Å². The summed E-state index contributed by atoms with van der Waals surface area (Å²) in [6.07, 6.45) is 5.03. The summed E-state index contributed by atoms with van der Waals surface area (Å²) >= 11 is 5.60. The molecule has 0 aromatic heterocycles. The number of halogens is 2. The average molecular weight is 240 g/mol. The Kier molecular flexibility index (Phi) is 4.97. The van der Waals surface area contributed by atoms with Gasteiger partial charge in [0.05, 0.1) is 18.1 Å². The molecule has 1 rings (SSSR count). The van der Waals surface area contributed by atoms with Crippen molar-refractivity contribution in [2.24, 2.45) is 0 Å². The largest absolute Gasteiger partial charge is 0.299 e. The molecule has 0 fully saturated rings. The van der Waals surface area contributed by atoms with Gasteiger partial charge in [0.1, 0.15) is 5.82 Å². The molecule has 16 heavy (non-hydrogen) atoms. The molecule has 0 amide bonds. The lowest BCUT2D eigenvalue weighted by atomic mass is 10.1. The molecule has 1 aromatic rings. The van der Waals surface area contributed by atoms with E-state index in [0.29, 0.717) is 12.1 Å². The summed E-state index contributed by atoms with van der Waals surface area (Å²) in [5, 5.41) is 2.78. The van der Waals surface area contributed by atoms with Gasteiger partial charge in [0, 0.05) is 6.42 Å². The average Bonchev–Trinajstić information content (AvgIpc) is 2.25. The summed E-state index contributed by atoms with van der Waals surface area (Å²) in [6.45, 7) is 0.458. The van der Waals surface area contributed by atoms with Crippen molar-refractivity contribution in [2.45, 2.75) is 6.42 Å². The molecule has 0 saturated carbocycles. The van der Waals surface area contributed by atoms with E-state index in [0.717, 1.165) is 0 Å². The van der Waals surface area contributed by atoms with E-state index in [4.69, 9.17) is 18.0 Å². The second-order valence-corrected chi connectivity index (χ2v) is 3.64. The number of carbonyl (C=O) groups is 1. The molecular formula is C12H11ClFNO. The van der Waals surface area contributed by atoms with Gasteiger partial charge in [0.15, 0.2) is 5.78 Å². The molecule has 1 aromatic carbocycles. The van der Waals surface area contributed by atoms with Crippen LogP contribution >= 0.6 is 11.6 Å². The molecule has 2 nitrogen and oxygen atoms in total. The summed E-state index contributed by atoms with van der Waals surface area (Å²) in [5.74, 6) is 1.69. The monoisotopic (exact) mass is 239 g/mol. The van der Waals surface area contributed by atoms with Gasteiger partial charge in [0.2, 0.25) is 0 Å². The first-order valence-corrected chi connectivity index (χ1v) is 5.11. The first-order valence-electron chi connectivity index (χ1n) is 4.74. The van der Waals surface area contributed by atoms with Gasteiger partial charge in [-0.2, -0.15) is 0 Å². The molecule has 84 valence electrons. The van der Waals surface area contributed by atoms with E-state index in [1.165, 1.54) is 6.07 Å². The molecule has 0 radical (unpaired) electrons. The van der Waals surface area contributed by atoms with E-state index in [-0.39, 0.29) is 23.8 Å². The van der Waals surface area contributed by atoms with Crippen LogP contribution in [0, 0.1) is 18.2 Å². The van der Waals surface area contributed by atoms with Gasteiger partial charge >= 0.3 is 0 Å². The minimum atomic E-state index is -0.533. The van der Waals surface area contributed by atoms with Crippen LogP contribution in [0.5, 0.6) is 0 Å². The first-order chi connectivity index (χ1) is 7.65. The van der Waals surface area contributed by atoms with Crippen LogP contribution in [0.2, 0.25) is 5.02 Å². The maximum Gasteiger partial charge on any atom is 0.151 e. The predicted molar refractivity (Wildman–Crippen MR) is 61.8 cm³/mol. The molecule has 1 N–H and O–H groups in total. The number of benzene rings is 1. The fourth-order valence-electron chi connectivity index (χ4n) is 1.23. The molecule has 0 aliphatic heterocycles. The Balaban J connectivity index is 2.57. The molecule has 0 saturated heterocycles. The fraction of sp³-hybridized carbons (Fsp3) is 0.250. The third-order valence-corrected chi connectivity index (χ3v) is 2.26. The van der Waals surface area contributed by atoms with Crippen LogP contribution < -0.4 is 5.32 Å². The maximum atomic E-state index is 13.4. The zero-order valence-electron chi connectivity index (χ0n) is 8.59. The summed E-state index contributed by atoms with van der Waals surface area (Å²) in [5.41, 5.74) is 0.306. The van der Waals surface area contributed by atoms with Crippen LogP contribution in [0.1, 0.15) is 5.56 Å². The van der Waals surface area contributed by atoms with Crippen LogP contribution in [0.3, 0.4) is 0 Å². The lowest BCUT2D eigenvalue weighted by Crippen LogP contribution is -2.24. The van der Waals surface area contributed by atoms with Gasteiger partial charge in [-0.1, -0.05) is 29.7 Å². The van der Waals surface area contributed by atoms with Crippen LogP contribution in [0.25, 0.3) is 0 Å². The Bertz CT molecular complexity index is 426. The lowest BCUT2D eigenvalue weighted by Gasteiger charge is -2.04. The normalized spacial score (nSPS) is 9.81. The standard InChI is InChI=1S/C12H11ClFNO/c1-2-6-15-8-10(16)7-9-4-3-5-11(13)12(9)14/h1,3-5,15H,6-8H2. The Hall–Kier alpha value is -1.37. The molecule has 0 atom stereocenters. The van der Waals surface area contributed by atoms with E-state index in [2.05, 4.69) is 11.2 Å². The Morgan fingerprint density at radius 1 is 1.56 bits per heavy atom. The Morgan fingerprint density at radius 2 is 2.31 bits per heavy atom. The highest BCUT2D eigenvalue weighted by molar-refractivity contribution is 6.30. The summed E-state index contributed by atoms with van der Waals surface area (Å²) in [7, 11) is 0. The quantitative estimate of drug-likeness (QED) is 0.627. The van der Waals surface area contributed by atoms with E-state index in [1.54, 1.807) is 12.1 Å². The van der Waals surface area contributed by atoms with Gasteiger partial charge in [-0.25, -0.2) is 4.39 Å². The summed E-state index contributed by atoms with van der Waals surface area (Å²) < 4.78 is 13.4. The molecule has 0 heterocycles. The lowest BCUT2D eigenvalue weighted by molar-refractivity contribution is -0.117. The number of hydrogen-bond acceptors (Lipinski definition) is 2. The van der Waals surface area contributed by atoms with Gasteiger partial charge in [-0.3, -0.25) is 10.1 Å². The van der Waals surface area contributed by atoms with E-state index < -0.39 is 5.82 Å². The molecule has 4 heteroatoms. The number of terminal acetylenes is 1. The Morgan fingerprint density at radius 3 is 3.00 bits per heavy atom. The third-order valence-electron chi connectivity index (χ3n) is 1.97. The molecular weight excluding hydrogens is 229 g/mol. The number of carbonyl (C=O) groups excluding carboxylic acids is 1. The number of Topliss-reactive ketones (excluding diaryl/α,β-unsaturated/α-hetero) is 1. The number of rotatable bonds is 5. The third kappa shape index (κ3) is 3.65. The molecule has 0 spiro atoms. The van der Waals surface area contributed by atoms with E-state index in [9.17, 15) is 9.18 Å². The number of ketones is 1.